The van der Waals surface area contributed by atoms with Gasteiger partial charge in [-0.2, -0.15) is 0 Å². The van der Waals surface area contributed by atoms with E-state index in [1.807, 2.05) is 35.2 Å². The average molecular weight is 426 g/mol. The Balaban J connectivity index is 1.53. The lowest BCUT2D eigenvalue weighted by Gasteiger charge is -2.35. The zero-order valence-corrected chi connectivity index (χ0v) is 18.0. The molecule has 1 saturated heterocycles. The van der Waals surface area contributed by atoms with Gasteiger partial charge in [0.25, 0.3) is 0 Å². The molecule has 2 amide bonds. The highest BCUT2D eigenvalue weighted by Crippen LogP contribution is 2.12. The summed E-state index contributed by atoms with van der Waals surface area (Å²) in [4.78, 5) is 29.3. The van der Waals surface area contributed by atoms with Gasteiger partial charge in [-0.3, -0.25) is 14.5 Å². The van der Waals surface area contributed by atoms with Crippen molar-refractivity contribution in [3.05, 3.63) is 66.1 Å². The molecule has 0 aliphatic carbocycles. The molecule has 1 atom stereocenters. The van der Waals surface area contributed by atoms with Gasteiger partial charge in [0.2, 0.25) is 11.8 Å². The molecule has 1 N–H and O–H groups in total. The lowest BCUT2D eigenvalue weighted by Crippen LogP contribution is -2.48. The number of amides is 2. The summed E-state index contributed by atoms with van der Waals surface area (Å²) >= 11 is 0. The first-order valence-electron chi connectivity index (χ1n) is 10.7. The minimum absolute atomic E-state index is 0.0277. The molecular weight excluding hydrogens is 394 g/mol. The van der Waals surface area contributed by atoms with Crippen molar-refractivity contribution < 1.29 is 18.7 Å². The SMILES string of the molecule is CC(CN1CCOCC1)N(Cc1ccccc1)C(=O)CCNC(=O)/C=C/c1ccco1. The molecule has 7 nitrogen and oxygen atoms in total. The van der Waals surface area contributed by atoms with Crippen LogP contribution in [0.5, 0.6) is 0 Å². The van der Waals surface area contributed by atoms with E-state index in [1.54, 1.807) is 24.5 Å². The third-order valence-corrected chi connectivity index (χ3v) is 5.25. The molecular formula is C24H31N3O4. The number of morpholine rings is 1. The van der Waals surface area contributed by atoms with E-state index in [2.05, 4.69) is 17.1 Å². The van der Waals surface area contributed by atoms with Crippen molar-refractivity contribution in [2.45, 2.75) is 25.9 Å². The Kier molecular flexibility index (Phi) is 8.87. The van der Waals surface area contributed by atoms with Crippen molar-refractivity contribution in [2.24, 2.45) is 0 Å². The Labute approximate surface area is 183 Å². The summed E-state index contributed by atoms with van der Waals surface area (Å²) < 4.78 is 10.6. The highest BCUT2D eigenvalue weighted by molar-refractivity contribution is 5.91. The number of ether oxygens (including phenoxy) is 1. The Morgan fingerprint density at radius 2 is 1.94 bits per heavy atom. The zero-order chi connectivity index (χ0) is 21.9. The largest absolute Gasteiger partial charge is 0.465 e. The topological polar surface area (TPSA) is 75.0 Å². The number of carbonyl (C=O) groups excluding carboxylic acids is 2. The molecule has 3 rings (SSSR count). The molecule has 1 fully saturated rings. The summed E-state index contributed by atoms with van der Waals surface area (Å²) in [7, 11) is 0. The van der Waals surface area contributed by atoms with E-state index in [0.717, 1.165) is 38.4 Å². The summed E-state index contributed by atoms with van der Waals surface area (Å²) in [5.41, 5.74) is 1.09. The normalized spacial score (nSPS) is 15.6. The number of furan rings is 1. The van der Waals surface area contributed by atoms with E-state index in [0.29, 0.717) is 12.3 Å². The summed E-state index contributed by atoms with van der Waals surface area (Å²) in [5.74, 6) is 0.386. The predicted octanol–water partition coefficient (Wildman–Crippen LogP) is 2.55. The monoisotopic (exact) mass is 425 g/mol. The molecule has 1 aliphatic rings. The summed E-state index contributed by atoms with van der Waals surface area (Å²) in [6.45, 7) is 6.97. The van der Waals surface area contributed by atoms with Gasteiger partial charge in [0.05, 0.1) is 19.5 Å². The van der Waals surface area contributed by atoms with Crippen molar-refractivity contribution in [2.75, 3.05) is 39.4 Å². The molecule has 1 aliphatic heterocycles. The van der Waals surface area contributed by atoms with Crippen molar-refractivity contribution in [1.29, 1.82) is 0 Å². The quantitative estimate of drug-likeness (QED) is 0.592. The maximum Gasteiger partial charge on any atom is 0.244 e. The van der Waals surface area contributed by atoms with Gasteiger partial charge in [0.15, 0.2) is 0 Å². The molecule has 7 heteroatoms. The van der Waals surface area contributed by atoms with Gasteiger partial charge in [0.1, 0.15) is 5.76 Å². The maximum absolute atomic E-state index is 13.1. The Bertz CT molecular complexity index is 830. The first kappa shape index (κ1) is 22.8. The molecule has 1 unspecified atom stereocenters. The number of nitrogens with zero attached hydrogens (tertiary/aromatic N) is 2. The van der Waals surface area contributed by atoms with Crippen molar-refractivity contribution in [1.82, 2.24) is 15.1 Å². The number of hydrogen-bond acceptors (Lipinski definition) is 5. The Morgan fingerprint density at radius 3 is 2.65 bits per heavy atom. The van der Waals surface area contributed by atoms with Gasteiger partial charge in [-0.1, -0.05) is 30.3 Å². The second kappa shape index (κ2) is 12.1. The van der Waals surface area contributed by atoms with E-state index in [1.165, 1.54) is 6.08 Å². The molecule has 2 heterocycles. The number of nitrogens with one attached hydrogen (secondary N) is 1. The number of rotatable bonds is 10. The van der Waals surface area contributed by atoms with Crippen LogP contribution in [0.1, 0.15) is 24.7 Å². The van der Waals surface area contributed by atoms with Gasteiger partial charge in [-0.15, -0.1) is 0 Å². The van der Waals surface area contributed by atoms with Crippen LogP contribution in [0.4, 0.5) is 0 Å². The fourth-order valence-electron chi connectivity index (χ4n) is 3.56. The van der Waals surface area contributed by atoms with Crippen LogP contribution in [0.3, 0.4) is 0 Å². The van der Waals surface area contributed by atoms with Gasteiger partial charge in [-0.25, -0.2) is 0 Å². The van der Waals surface area contributed by atoms with E-state index >= 15 is 0 Å². The first-order chi connectivity index (χ1) is 15.1. The van der Waals surface area contributed by atoms with Crippen LogP contribution >= 0.6 is 0 Å². The van der Waals surface area contributed by atoms with E-state index in [4.69, 9.17) is 9.15 Å². The molecule has 0 radical (unpaired) electrons. The first-order valence-corrected chi connectivity index (χ1v) is 10.7. The predicted molar refractivity (Wildman–Crippen MR) is 119 cm³/mol. The Morgan fingerprint density at radius 1 is 1.16 bits per heavy atom. The fourth-order valence-corrected chi connectivity index (χ4v) is 3.56. The van der Waals surface area contributed by atoms with Gasteiger partial charge < -0.3 is 19.4 Å². The minimum atomic E-state index is -0.250. The second-order valence-electron chi connectivity index (χ2n) is 7.66. The summed E-state index contributed by atoms with van der Waals surface area (Å²) in [6.07, 6.45) is 4.81. The van der Waals surface area contributed by atoms with Crippen LogP contribution in [-0.4, -0.2) is 67.0 Å². The highest BCUT2D eigenvalue weighted by Gasteiger charge is 2.23. The molecule has 0 saturated carbocycles. The van der Waals surface area contributed by atoms with Gasteiger partial charge in [-0.05, 0) is 30.7 Å². The molecule has 1 aromatic carbocycles. The average Bonchev–Trinajstić information content (AvgIpc) is 3.31. The third-order valence-electron chi connectivity index (χ3n) is 5.25. The molecule has 2 aromatic rings. The lowest BCUT2D eigenvalue weighted by molar-refractivity contribution is -0.134. The minimum Gasteiger partial charge on any atom is -0.465 e. The molecule has 0 spiro atoms. The summed E-state index contributed by atoms with van der Waals surface area (Å²) in [6, 6.07) is 13.6. The standard InChI is InChI=1S/C24H31N3O4/c1-20(18-26-13-16-30-17-14-26)27(19-21-6-3-2-4-7-21)24(29)11-12-25-23(28)10-9-22-8-5-15-31-22/h2-10,15,20H,11-14,16-19H2,1H3,(H,25,28)/b10-9+. The second-order valence-corrected chi connectivity index (χ2v) is 7.66. The Hall–Kier alpha value is -2.90. The smallest absolute Gasteiger partial charge is 0.244 e. The molecule has 166 valence electrons. The fraction of sp³-hybridized carbons (Fsp3) is 0.417. The third kappa shape index (κ3) is 7.70. The highest BCUT2D eigenvalue weighted by atomic mass is 16.5. The van der Waals surface area contributed by atoms with Crippen LogP contribution in [0.15, 0.2) is 59.2 Å². The van der Waals surface area contributed by atoms with Crippen molar-refractivity contribution in [3.63, 3.8) is 0 Å². The van der Waals surface area contributed by atoms with Crippen LogP contribution in [0.2, 0.25) is 0 Å². The van der Waals surface area contributed by atoms with Crippen LogP contribution in [0.25, 0.3) is 6.08 Å². The molecule has 0 bridgehead atoms. The zero-order valence-electron chi connectivity index (χ0n) is 18.0. The van der Waals surface area contributed by atoms with E-state index in [-0.39, 0.29) is 30.8 Å². The summed E-state index contributed by atoms with van der Waals surface area (Å²) in [5, 5.41) is 2.77. The number of hydrogen-bond donors (Lipinski definition) is 1. The van der Waals surface area contributed by atoms with Gasteiger partial charge in [0, 0.05) is 51.3 Å². The van der Waals surface area contributed by atoms with E-state index < -0.39 is 0 Å². The van der Waals surface area contributed by atoms with Crippen LogP contribution in [-0.2, 0) is 20.9 Å². The van der Waals surface area contributed by atoms with Crippen LogP contribution < -0.4 is 5.32 Å². The van der Waals surface area contributed by atoms with Crippen LogP contribution in [0, 0.1) is 0 Å². The number of carbonyl (C=O) groups is 2. The maximum atomic E-state index is 13.1. The van der Waals surface area contributed by atoms with Gasteiger partial charge >= 0.3 is 0 Å². The number of benzene rings is 1. The molecule has 31 heavy (non-hydrogen) atoms. The van der Waals surface area contributed by atoms with Crippen molar-refractivity contribution in [3.8, 4) is 0 Å². The van der Waals surface area contributed by atoms with E-state index in [9.17, 15) is 9.59 Å². The molecule has 1 aromatic heterocycles. The lowest BCUT2D eigenvalue weighted by atomic mass is 10.1. The van der Waals surface area contributed by atoms with Crippen molar-refractivity contribution >= 4 is 17.9 Å².